The fraction of sp³-hybridized carbons (Fsp3) is 0.353. The Morgan fingerprint density at radius 3 is 2.57 bits per heavy atom. The van der Waals surface area contributed by atoms with Crippen LogP contribution in [0.3, 0.4) is 0 Å². The molecule has 0 saturated heterocycles. The third-order valence-electron chi connectivity index (χ3n) is 3.38. The summed E-state index contributed by atoms with van der Waals surface area (Å²) < 4.78 is 5.17. The zero-order valence-corrected chi connectivity index (χ0v) is 13.6. The van der Waals surface area contributed by atoms with E-state index >= 15 is 0 Å². The number of aryl methyl sites for hydroxylation is 1. The first-order valence-corrected chi connectivity index (χ1v) is 7.97. The van der Waals surface area contributed by atoms with Gasteiger partial charge in [0.2, 0.25) is 0 Å². The molecule has 1 unspecified atom stereocenters. The van der Waals surface area contributed by atoms with Gasteiger partial charge in [0.15, 0.2) is 0 Å². The Balaban J connectivity index is 2.09. The summed E-state index contributed by atoms with van der Waals surface area (Å²) in [5, 5.41) is 1.04. The third-order valence-corrected chi connectivity index (χ3v) is 4.51. The van der Waals surface area contributed by atoms with Crippen molar-refractivity contribution < 1.29 is 4.74 Å². The average Bonchev–Trinajstić information content (AvgIpc) is 2.50. The van der Waals surface area contributed by atoms with Crippen molar-refractivity contribution in [2.45, 2.75) is 42.7 Å². The Kier molecular flexibility index (Phi) is 5.65. The van der Waals surface area contributed by atoms with Crippen LogP contribution in [-0.2, 0) is 6.42 Å². The molecule has 112 valence electrons. The second-order valence-electron chi connectivity index (χ2n) is 5.12. The SMILES string of the molecule is CCC(N)Cc1cnc(Sc2ccc(OC)cc2)c(C)c1. The van der Waals surface area contributed by atoms with E-state index in [1.807, 2.05) is 30.5 Å². The van der Waals surface area contributed by atoms with Crippen LogP contribution in [0.2, 0.25) is 0 Å². The van der Waals surface area contributed by atoms with Gasteiger partial charge < -0.3 is 10.5 Å². The van der Waals surface area contributed by atoms with Gasteiger partial charge in [-0.1, -0.05) is 24.8 Å². The second-order valence-corrected chi connectivity index (χ2v) is 6.18. The van der Waals surface area contributed by atoms with Gasteiger partial charge in [-0.05, 0) is 55.2 Å². The molecule has 21 heavy (non-hydrogen) atoms. The van der Waals surface area contributed by atoms with Crippen LogP contribution in [0.15, 0.2) is 46.5 Å². The monoisotopic (exact) mass is 302 g/mol. The Hall–Kier alpha value is -1.52. The van der Waals surface area contributed by atoms with Crippen LogP contribution in [0.25, 0.3) is 0 Å². The van der Waals surface area contributed by atoms with Crippen molar-refractivity contribution in [3.63, 3.8) is 0 Å². The third kappa shape index (κ3) is 4.48. The largest absolute Gasteiger partial charge is 0.497 e. The summed E-state index contributed by atoms with van der Waals surface area (Å²) in [5.41, 5.74) is 8.40. The fourth-order valence-corrected chi connectivity index (χ4v) is 2.86. The molecule has 2 N–H and O–H groups in total. The molecular weight excluding hydrogens is 280 g/mol. The minimum Gasteiger partial charge on any atom is -0.497 e. The number of nitrogens with two attached hydrogens (primary N) is 1. The number of ether oxygens (including phenoxy) is 1. The Bertz CT molecular complexity index is 584. The second kappa shape index (κ2) is 7.48. The lowest BCUT2D eigenvalue weighted by molar-refractivity contribution is 0.414. The van der Waals surface area contributed by atoms with Crippen molar-refractivity contribution in [3.05, 3.63) is 47.7 Å². The molecular formula is C17H22N2OS. The maximum absolute atomic E-state index is 6.00. The molecule has 0 saturated carbocycles. The maximum Gasteiger partial charge on any atom is 0.118 e. The fourth-order valence-electron chi connectivity index (χ4n) is 2.04. The van der Waals surface area contributed by atoms with Crippen LogP contribution in [0, 0.1) is 6.92 Å². The van der Waals surface area contributed by atoms with Gasteiger partial charge in [0.05, 0.1) is 7.11 Å². The first-order chi connectivity index (χ1) is 10.1. The van der Waals surface area contributed by atoms with E-state index in [9.17, 15) is 0 Å². The molecule has 1 aromatic heterocycles. The predicted molar refractivity (Wildman–Crippen MR) is 88.1 cm³/mol. The molecule has 4 heteroatoms. The molecule has 0 fully saturated rings. The zero-order valence-electron chi connectivity index (χ0n) is 12.8. The molecule has 0 aliphatic rings. The van der Waals surface area contributed by atoms with Gasteiger partial charge >= 0.3 is 0 Å². The molecule has 0 bridgehead atoms. The van der Waals surface area contributed by atoms with Gasteiger partial charge in [-0.15, -0.1) is 0 Å². The summed E-state index contributed by atoms with van der Waals surface area (Å²) in [6.45, 7) is 4.21. The predicted octanol–water partition coefficient (Wildman–Crippen LogP) is 3.83. The highest BCUT2D eigenvalue weighted by Gasteiger charge is 2.07. The molecule has 0 amide bonds. The van der Waals surface area contributed by atoms with Crippen LogP contribution in [-0.4, -0.2) is 18.1 Å². The van der Waals surface area contributed by atoms with E-state index in [0.717, 1.165) is 28.5 Å². The minimum atomic E-state index is 0.214. The van der Waals surface area contributed by atoms with Gasteiger partial charge in [0.25, 0.3) is 0 Å². The lowest BCUT2D eigenvalue weighted by atomic mass is 10.1. The van der Waals surface area contributed by atoms with E-state index in [1.165, 1.54) is 11.1 Å². The van der Waals surface area contributed by atoms with Crippen molar-refractivity contribution >= 4 is 11.8 Å². The van der Waals surface area contributed by atoms with Crippen molar-refractivity contribution in [2.75, 3.05) is 7.11 Å². The van der Waals surface area contributed by atoms with Crippen LogP contribution in [0.4, 0.5) is 0 Å². The van der Waals surface area contributed by atoms with E-state index < -0.39 is 0 Å². The highest BCUT2D eigenvalue weighted by atomic mass is 32.2. The van der Waals surface area contributed by atoms with Gasteiger partial charge in [-0.3, -0.25) is 0 Å². The number of hydrogen-bond donors (Lipinski definition) is 1. The highest BCUT2D eigenvalue weighted by Crippen LogP contribution is 2.30. The number of rotatable bonds is 6. The smallest absolute Gasteiger partial charge is 0.118 e. The number of nitrogens with zero attached hydrogens (tertiary/aromatic N) is 1. The van der Waals surface area contributed by atoms with Gasteiger partial charge in [0.1, 0.15) is 10.8 Å². The minimum absolute atomic E-state index is 0.214. The zero-order chi connectivity index (χ0) is 15.2. The van der Waals surface area contributed by atoms with Crippen molar-refractivity contribution in [1.82, 2.24) is 4.98 Å². The van der Waals surface area contributed by atoms with Crippen LogP contribution < -0.4 is 10.5 Å². The molecule has 0 aliphatic carbocycles. The molecule has 1 heterocycles. The number of hydrogen-bond acceptors (Lipinski definition) is 4. The van der Waals surface area contributed by atoms with E-state index in [0.29, 0.717) is 0 Å². The molecule has 2 rings (SSSR count). The van der Waals surface area contributed by atoms with E-state index in [1.54, 1.807) is 18.9 Å². The summed E-state index contributed by atoms with van der Waals surface area (Å²) in [6, 6.07) is 10.4. The normalized spacial score (nSPS) is 12.2. The molecule has 0 spiro atoms. The number of aromatic nitrogens is 1. The van der Waals surface area contributed by atoms with Crippen LogP contribution in [0.5, 0.6) is 5.75 Å². The van der Waals surface area contributed by atoms with E-state index in [2.05, 4.69) is 24.9 Å². The van der Waals surface area contributed by atoms with Gasteiger partial charge in [-0.2, -0.15) is 0 Å². The number of methoxy groups -OCH3 is 1. The van der Waals surface area contributed by atoms with Crippen LogP contribution >= 0.6 is 11.8 Å². The first-order valence-electron chi connectivity index (χ1n) is 7.15. The Labute approximate surface area is 130 Å². The molecule has 1 aromatic carbocycles. The Morgan fingerprint density at radius 1 is 1.29 bits per heavy atom. The summed E-state index contributed by atoms with van der Waals surface area (Å²) in [4.78, 5) is 5.74. The first kappa shape index (κ1) is 15.9. The molecule has 0 aliphatic heterocycles. The maximum atomic E-state index is 6.00. The summed E-state index contributed by atoms with van der Waals surface area (Å²) >= 11 is 1.67. The van der Waals surface area contributed by atoms with Gasteiger partial charge in [0, 0.05) is 17.1 Å². The van der Waals surface area contributed by atoms with Gasteiger partial charge in [-0.25, -0.2) is 4.98 Å². The van der Waals surface area contributed by atoms with Crippen molar-refractivity contribution in [3.8, 4) is 5.75 Å². The van der Waals surface area contributed by atoms with E-state index in [4.69, 9.17) is 10.5 Å². The molecule has 3 nitrogen and oxygen atoms in total. The van der Waals surface area contributed by atoms with Crippen LogP contribution in [0.1, 0.15) is 24.5 Å². The summed E-state index contributed by atoms with van der Waals surface area (Å²) in [5.74, 6) is 0.868. The standard InChI is InChI=1S/C17H22N2OS/c1-4-14(18)10-13-9-12(2)17(19-11-13)21-16-7-5-15(20-3)6-8-16/h5-9,11,14H,4,10,18H2,1-3H3. The molecule has 1 atom stereocenters. The number of benzene rings is 1. The molecule has 0 radical (unpaired) electrons. The van der Waals surface area contributed by atoms with E-state index in [-0.39, 0.29) is 6.04 Å². The lowest BCUT2D eigenvalue weighted by Gasteiger charge is -2.11. The lowest BCUT2D eigenvalue weighted by Crippen LogP contribution is -2.21. The van der Waals surface area contributed by atoms with Crippen molar-refractivity contribution in [2.24, 2.45) is 5.73 Å². The summed E-state index contributed by atoms with van der Waals surface area (Å²) in [6.07, 6.45) is 3.81. The van der Waals surface area contributed by atoms with Crippen molar-refractivity contribution in [1.29, 1.82) is 0 Å². The Morgan fingerprint density at radius 2 is 2.00 bits per heavy atom. The molecule has 2 aromatic rings. The highest BCUT2D eigenvalue weighted by molar-refractivity contribution is 7.99. The number of pyridine rings is 1. The quantitative estimate of drug-likeness (QED) is 0.881. The summed E-state index contributed by atoms with van der Waals surface area (Å²) in [7, 11) is 1.67. The topological polar surface area (TPSA) is 48.1 Å². The average molecular weight is 302 g/mol.